The van der Waals surface area contributed by atoms with Gasteiger partial charge in [-0.15, -0.1) is 0 Å². The Morgan fingerprint density at radius 2 is 1.40 bits per heavy atom. The SMILES string of the molecule is CC(C)(C)C(O[SiH](c1ccccc1)c1ccccc1)c1c(C(=O)O)cnc2c(NC(=O)c3c(Cl)cccc3Cl)cccc12. The highest BCUT2D eigenvalue weighted by Crippen LogP contribution is 2.42. The number of nitrogens with one attached hydrogen (secondary N) is 1. The molecule has 218 valence electrons. The molecule has 0 spiro atoms. The third kappa shape index (κ3) is 6.50. The minimum Gasteiger partial charge on any atom is -0.478 e. The fourth-order valence-electron chi connectivity index (χ4n) is 5.14. The standard InChI is InChI=1S/C34H30Cl2N2O4Si/c1-34(2,3)31(42-43(21-12-6-4-7-13-21)22-14-8-5-9-15-22)28-23-16-10-19-27(30(23)37-20-24(28)33(40)41)38-32(39)29-25(35)17-11-18-26(29)36/h4-20,31,43H,1-3H3,(H,38,39)(H,40,41). The first-order chi connectivity index (χ1) is 20.6. The first-order valence-corrected chi connectivity index (χ1v) is 16.1. The predicted octanol–water partition coefficient (Wildman–Crippen LogP) is 7.13. The normalized spacial score (nSPS) is 12.3. The zero-order valence-corrected chi connectivity index (χ0v) is 26.5. The van der Waals surface area contributed by atoms with Gasteiger partial charge in [0.1, 0.15) is 0 Å². The van der Waals surface area contributed by atoms with Crippen LogP contribution in [0.25, 0.3) is 10.9 Å². The monoisotopic (exact) mass is 628 g/mol. The summed E-state index contributed by atoms with van der Waals surface area (Å²) in [5, 5.41) is 16.4. The fraction of sp³-hybridized carbons (Fsp3) is 0.147. The number of aromatic nitrogens is 1. The Balaban J connectivity index is 1.67. The number of fused-ring (bicyclic) bond motifs is 1. The van der Waals surface area contributed by atoms with E-state index in [0.29, 0.717) is 22.2 Å². The van der Waals surface area contributed by atoms with Crippen LogP contribution in [0.4, 0.5) is 5.69 Å². The number of amides is 1. The van der Waals surface area contributed by atoms with Crippen molar-refractivity contribution in [3.05, 3.63) is 130 Å². The molecule has 9 heteroatoms. The zero-order chi connectivity index (χ0) is 30.7. The average Bonchev–Trinajstić information content (AvgIpc) is 2.97. The third-order valence-corrected chi connectivity index (χ3v) is 10.3. The van der Waals surface area contributed by atoms with E-state index in [9.17, 15) is 14.7 Å². The number of carbonyl (C=O) groups is 2. The van der Waals surface area contributed by atoms with Gasteiger partial charge in [-0.3, -0.25) is 9.78 Å². The summed E-state index contributed by atoms with van der Waals surface area (Å²) in [7, 11) is -2.31. The van der Waals surface area contributed by atoms with E-state index in [1.165, 1.54) is 6.20 Å². The van der Waals surface area contributed by atoms with Crippen molar-refractivity contribution in [2.45, 2.75) is 26.9 Å². The van der Waals surface area contributed by atoms with Crippen LogP contribution >= 0.6 is 23.2 Å². The second-order valence-corrected chi connectivity index (χ2v) is 14.4. The molecule has 2 N–H and O–H groups in total. The summed E-state index contributed by atoms with van der Waals surface area (Å²) >= 11 is 12.6. The van der Waals surface area contributed by atoms with E-state index in [0.717, 1.165) is 10.4 Å². The first-order valence-electron chi connectivity index (χ1n) is 13.7. The van der Waals surface area contributed by atoms with Gasteiger partial charge in [-0.2, -0.15) is 0 Å². The summed E-state index contributed by atoms with van der Waals surface area (Å²) in [6, 6.07) is 30.2. The number of pyridine rings is 1. The van der Waals surface area contributed by atoms with E-state index in [4.69, 9.17) is 27.6 Å². The van der Waals surface area contributed by atoms with E-state index in [1.54, 1.807) is 30.3 Å². The van der Waals surface area contributed by atoms with Gasteiger partial charge in [0.2, 0.25) is 9.04 Å². The summed E-state index contributed by atoms with van der Waals surface area (Å²) in [4.78, 5) is 30.5. The van der Waals surface area contributed by atoms with Crippen LogP contribution < -0.4 is 15.7 Å². The molecule has 0 aliphatic carbocycles. The van der Waals surface area contributed by atoms with Gasteiger partial charge in [0.15, 0.2) is 0 Å². The van der Waals surface area contributed by atoms with Crippen LogP contribution in [0.5, 0.6) is 0 Å². The lowest BCUT2D eigenvalue weighted by molar-refractivity contribution is 0.0667. The van der Waals surface area contributed by atoms with Crippen molar-refractivity contribution in [2.75, 3.05) is 5.32 Å². The van der Waals surface area contributed by atoms with Crippen LogP contribution in [0.2, 0.25) is 10.0 Å². The number of para-hydroxylation sites is 1. The molecule has 1 aromatic heterocycles. The maximum absolute atomic E-state index is 13.3. The van der Waals surface area contributed by atoms with Gasteiger partial charge in [0.05, 0.1) is 38.5 Å². The molecule has 1 atom stereocenters. The lowest BCUT2D eigenvalue weighted by Gasteiger charge is -2.36. The van der Waals surface area contributed by atoms with Gasteiger partial charge >= 0.3 is 5.97 Å². The molecule has 1 amide bonds. The molecule has 4 aromatic carbocycles. The fourth-order valence-corrected chi connectivity index (χ4v) is 8.37. The largest absolute Gasteiger partial charge is 0.478 e. The number of nitrogens with zero attached hydrogens (tertiary/aromatic N) is 1. The van der Waals surface area contributed by atoms with Gasteiger partial charge in [0.25, 0.3) is 5.91 Å². The lowest BCUT2D eigenvalue weighted by atomic mass is 9.81. The van der Waals surface area contributed by atoms with Crippen LogP contribution in [-0.4, -0.2) is 31.0 Å². The zero-order valence-electron chi connectivity index (χ0n) is 23.8. The molecule has 0 saturated carbocycles. The Hall–Kier alpha value is -4.01. The van der Waals surface area contributed by atoms with Crippen LogP contribution in [-0.2, 0) is 4.43 Å². The minimum atomic E-state index is -2.31. The molecule has 0 bridgehead atoms. The van der Waals surface area contributed by atoms with Crippen molar-refractivity contribution in [3.8, 4) is 0 Å². The number of anilines is 1. The molecule has 6 nitrogen and oxygen atoms in total. The third-order valence-electron chi connectivity index (χ3n) is 7.13. The number of carboxylic acid groups (broad SMARTS) is 1. The summed E-state index contributed by atoms with van der Waals surface area (Å²) in [6.45, 7) is 6.09. The molecular formula is C34H30Cl2N2O4Si. The lowest BCUT2D eigenvalue weighted by Crippen LogP contribution is -2.47. The summed E-state index contributed by atoms with van der Waals surface area (Å²) in [5.41, 5.74) is 0.983. The van der Waals surface area contributed by atoms with Gasteiger partial charge in [-0.05, 0) is 34.0 Å². The van der Waals surface area contributed by atoms with Crippen molar-refractivity contribution >= 4 is 71.1 Å². The highest BCUT2D eigenvalue weighted by atomic mass is 35.5. The Labute approximate surface area is 262 Å². The Kier molecular flexibility index (Phi) is 8.99. The van der Waals surface area contributed by atoms with E-state index in [2.05, 4.69) is 34.6 Å². The van der Waals surface area contributed by atoms with Crippen LogP contribution in [0.3, 0.4) is 0 Å². The molecule has 0 aliphatic heterocycles. The van der Waals surface area contributed by atoms with E-state index in [1.807, 2.05) is 63.2 Å². The molecule has 5 rings (SSSR count). The summed E-state index contributed by atoms with van der Waals surface area (Å²) < 4.78 is 7.12. The van der Waals surface area contributed by atoms with E-state index >= 15 is 0 Å². The Morgan fingerprint density at radius 1 is 0.837 bits per heavy atom. The molecule has 43 heavy (non-hydrogen) atoms. The van der Waals surface area contributed by atoms with Gasteiger partial charge in [-0.1, -0.05) is 123 Å². The number of aromatic carboxylic acids is 1. The molecule has 0 fully saturated rings. The minimum absolute atomic E-state index is 0.0407. The Bertz CT molecular complexity index is 1730. The molecular weight excluding hydrogens is 599 g/mol. The van der Waals surface area contributed by atoms with Crippen molar-refractivity contribution in [2.24, 2.45) is 5.41 Å². The Morgan fingerprint density at radius 3 is 1.93 bits per heavy atom. The van der Waals surface area contributed by atoms with E-state index < -0.39 is 32.4 Å². The molecule has 1 unspecified atom stereocenters. The molecule has 0 aliphatic rings. The smallest absolute Gasteiger partial charge is 0.337 e. The maximum Gasteiger partial charge on any atom is 0.337 e. The van der Waals surface area contributed by atoms with Crippen molar-refractivity contribution in [1.29, 1.82) is 0 Å². The quantitative estimate of drug-likeness (QED) is 0.178. The van der Waals surface area contributed by atoms with Crippen LogP contribution in [0.1, 0.15) is 53.2 Å². The molecule has 0 radical (unpaired) electrons. The number of halogens is 2. The highest BCUT2D eigenvalue weighted by molar-refractivity contribution is 6.80. The predicted molar refractivity (Wildman–Crippen MR) is 176 cm³/mol. The first kappa shape index (κ1) is 30.4. The van der Waals surface area contributed by atoms with Crippen molar-refractivity contribution in [1.82, 2.24) is 4.98 Å². The number of hydrogen-bond donors (Lipinski definition) is 2. The number of benzene rings is 4. The van der Waals surface area contributed by atoms with Crippen LogP contribution in [0.15, 0.2) is 103 Å². The summed E-state index contributed by atoms with van der Waals surface area (Å²) in [5.74, 6) is -1.62. The van der Waals surface area contributed by atoms with E-state index in [-0.39, 0.29) is 21.2 Å². The second kappa shape index (κ2) is 12.7. The van der Waals surface area contributed by atoms with Crippen LogP contribution in [0, 0.1) is 5.41 Å². The molecule has 5 aromatic rings. The average molecular weight is 630 g/mol. The number of carbonyl (C=O) groups excluding carboxylic acids is 1. The second-order valence-electron chi connectivity index (χ2n) is 11.2. The van der Waals surface area contributed by atoms with Gasteiger partial charge in [0, 0.05) is 17.1 Å². The number of rotatable bonds is 8. The summed E-state index contributed by atoms with van der Waals surface area (Å²) in [6.07, 6.45) is 0.701. The highest BCUT2D eigenvalue weighted by Gasteiger charge is 2.36. The van der Waals surface area contributed by atoms with Crippen molar-refractivity contribution in [3.63, 3.8) is 0 Å². The number of hydrogen-bond acceptors (Lipinski definition) is 4. The van der Waals surface area contributed by atoms with Gasteiger partial charge in [-0.25, -0.2) is 4.79 Å². The number of carboxylic acids is 1. The maximum atomic E-state index is 13.3. The van der Waals surface area contributed by atoms with Gasteiger partial charge < -0.3 is 14.8 Å². The molecule has 0 saturated heterocycles. The topological polar surface area (TPSA) is 88.5 Å². The molecule has 1 heterocycles. The van der Waals surface area contributed by atoms with Crippen molar-refractivity contribution < 1.29 is 19.1 Å².